The van der Waals surface area contributed by atoms with E-state index >= 15 is 0 Å². The van der Waals surface area contributed by atoms with E-state index in [0.717, 1.165) is 42.1 Å². The number of piperidine rings is 1. The van der Waals surface area contributed by atoms with Crippen LogP contribution in [-0.2, 0) is 21.4 Å². The van der Waals surface area contributed by atoms with Gasteiger partial charge in [-0.2, -0.15) is 0 Å². The van der Waals surface area contributed by atoms with Crippen LogP contribution in [0.3, 0.4) is 0 Å². The number of hydrogen-bond acceptors (Lipinski definition) is 4. The molecule has 242 valence electrons. The van der Waals surface area contributed by atoms with Crippen molar-refractivity contribution in [2.75, 3.05) is 26.2 Å². The van der Waals surface area contributed by atoms with Crippen molar-refractivity contribution in [1.29, 1.82) is 0 Å². The Balaban J connectivity index is 1.33. The van der Waals surface area contributed by atoms with Crippen LogP contribution in [0.1, 0.15) is 83.4 Å². The number of rotatable bonds is 8. The summed E-state index contributed by atoms with van der Waals surface area (Å²) in [6, 6.07) is 15.5. The van der Waals surface area contributed by atoms with Gasteiger partial charge in [0, 0.05) is 55.2 Å². The Labute approximate surface area is 267 Å². The van der Waals surface area contributed by atoms with Gasteiger partial charge in [0.05, 0.1) is 0 Å². The van der Waals surface area contributed by atoms with E-state index in [0.29, 0.717) is 13.1 Å². The van der Waals surface area contributed by atoms with Gasteiger partial charge in [-0.1, -0.05) is 49.4 Å². The molecular formula is C36H49N5O4. The summed E-state index contributed by atoms with van der Waals surface area (Å²) in [6.45, 7) is 13.1. The average molecular weight is 616 g/mol. The fourth-order valence-electron chi connectivity index (χ4n) is 7.09. The van der Waals surface area contributed by atoms with Gasteiger partial charge in [-0.3, -0.25) is 4.79 Å². The maximum atomic E-state index is 14.4. The number of ether oxygens (including phenoxy) is 1. The van der Waals surface area contributed by atoms with Crippen LogP contribution in [0.5, 0.6) is 0 Å². The standard InChI is InChI=1S/C36H49N5O4/c1-24(2)41(22-19-37-34(44)45-35(4,5)6)33(43)39-31(25(3)28-23-38-30-14-10-8-12-27(28)30)32(42)40-20-17-36(18-21-40)16-15-26-11-7-9-13-29(26)36/h7-14,23-25,31,38H,15-22H2,1-6H3,(H,37,44)(H,39,43)/t25-,31?/m1/s1. The quantitative estimate of drug-likeness (QED) is 0.285. The van der Waals surface area contributed by atoms with Crippen LogP contribution in [0.4, 0.5) is 9.59 Å². The minimum Gasteiger partial charge on any atom is -0.444 e. The van der Waals surface area contributed by atoms with Crippen LogP contribution < -0.4 is 10.6 Å². The molecule has 0 bridgehead atoms. The first-order chi connectivity index (χ1) is 21.4. The van der Waals surface area contributed by atoms with Gasteiger partial charge in [-0.25, -0.2) is 9.59 Å². The molecule has 2 aromatic carbocycles. The van der Waals surface area contributed by atoms with Gasteiger partial charge in [0.2, 0.25) is 5.91 Å². The lowest BCUT2D eigenvalue weighted by molar-refractivity contribution is -0.135. The molecule has 3 aromatic rings. The Morgan fingerprint density at radius 1 is 1.00 bits per heavy atom. The number of amides is 4. The number of aryl methyl sites for hydroxylation is 1. The zero-order chi connectivity index (χ0) is 32.4. The minimum atomic E-state index is -0.762. The molecule has 2 heterocycles. The van der Waals surface area contributed by atoms with Gasteiger partial charge >= 0.3 is 12.1 Å². The van der Waals surface area contributed by atoms with E-state index in [4.69, 9.17) is 4.74 Å². The summed E-state index contributed by atoms with van der Waals surface area (Å²) in [5.41, 5.74) is 4.39. The Kier molecular flexibility index (Phi) is 9.46. The van der Waals surface area contributed by atoms with E-state index in [1.54, 1.807) is 25.7 Å². The molecule has 2 atom stereocenters. The van der Waals surface area contributed by atoms with Crippen LogP contribution in [0.15, 0.2) is 54.7 Å². The highest BCUT2D eigenvalue weighted by Gasteiger charge is 2.43. The number of nitrogens with zero attached hydrogens (tertiary/aromatic N) is 2. The Morgan fingerprint density at radius 2 is 1.69 bits per heavy atom. The third kappa shape index (κ3) is 7.13. The van der Waals surface area contributed by atoms with Crippen LogP contribution in [0.2, 0.25) is 0 Å². The van der Waals surface area contributed by atoms with Gasteiger partial charge < -0.3 is 30.2 Å². The molecule has 1 aromatic heterocycles. The van der Waals surface area contributed by atoms with Crippen molar-refractivity contribution >= 4 is 28.9 Å². The fraction of sp³-hybridized carbons (Fsp3) is 0.528. The van der Waals surface area contributed by atoms with Gasteiger partial charge in [0.25, 0.3) is 0 Å². The van der Waals surface area contributed by atoms with Crippen molar-refractivity contribution in [3.63, 3.8) is 0 Å². The summed E-state index contributed by atoms with van der Waals surface area (Å²) in [5, 5.41) is 6.92. The average Bonchev–Trinajstić information content (AvgIpc) is 3.59. The highest BCUT2D eigenvalue weighted by atomic mass is 16.6. The second-order valence-electron chi connectivity index (χ2n) is 14.0. The largest absolute Gasteiger partial charge is 0.444 e. The molecule has 1 aliphatic heterocycles. The summed E-state index contributed by atoms with van der Waals surface area (Å²) in [5.74, 6) is -0.340. The molecule has 9 nitrogen and oxygen atoms in total. The Morgan fingerprint density at radius 3 is 2.40 bits per heavy atom. The molecule has 2 aliphatic rings. The molecule has 4 amide bonds. The monoisotopic (exact) mass is 615 g/mol. The fourth-order valence-corrected chi connectivity index (χ4v) is 7.09. The maximum Gasteiger partial charge on any atom is 0.407 e. The van der Waals surface area contributed by atoms with Crippen molar-refractivity contribution in [3.8, 4) is 0 Å². The lowest BCUT2D eigenvalue weighted by atomic mass is 9.73. The number of likely N-dealkylation sites (tertiary alicyclic amines) is 1. The molecule has 9 heteroatoms. The SMILES string of the molecule is CC(C)N(CCNC(=O)OC(C)(C)C)C(=O)NC(C(=O)N1CCC2(CCc3ccccc32)CC1)[C@H](C)c1c[nH]c2ccccc12. The van der Waals surface area contributed by atoms with E-state index in [-0.39, 0.29) is 42.4 Å². The van der Waals surface area contributed by atoms with Gasteiger partial charge in [-0.05, 0) is 88.5 Å². The van der Waals surface area contributed by atoms with Crippen molar-refractivity contribution in [2.24, 2.45) is 0 Å². The number of para-hydroxylation sites is 1. The van der Waals surface area contributed by atoms with Crippen LogP contribution in [0.25, 0.3) is 10.9 Å². The van der Waals surface area contributed by atoms with Crippen LogP contribution in [-0.4, -0.2) is 76.7 Å². The number of urea groups is 1. The number of aromatic amines is 1. The number of aromatic nitrogens is 1. The highest BCUT2D eigenvalue weighted by Crippen LogP contribution is 2.46. The number of H-pyrrole nitrogens is 1. The molecule has 1 saturated heterocycles. The number of hydrogen-bond donors (Lipinski definition) is 3. The zero-order valence-electron chi connectivity index (χ0n) is 27.6. The van der Waals surface area contributed by atoms with Crippen LogP contribution in [0, 0.1) is 0 Å². The second kappa shape index (κ2) is 13.2. The molecule has 3 N–H and O–H groups in total. The summed E-state index contributed by atoms with van der Waals surface area (Å²) in [7, 11) is 0. The third-order valence-corrected chi connectivity index (χ3v) is 9.56. The molecular weight excluding hydrogens is 566 g/mol. The first kappa shape index (κ1) is 32.4. The Hall–Kier alpha value is -4.01. The van der Waals surface area contributed by atoms with E-state index in [1.807, 2.05) is 56.1 Å². The predicted octanol–water partition coefficient (Wildman–Crippen LogP) is 6.09. The van der Waals surface area contributed by atoms with E-state index in [1.165, 1.54) is 11.1 Å². The lowest BCUT2D eigenvalue weighted by Crippen LogP contribution is -2.57. The van der Waals surface area contributed by atoms with Crippen molar-refractivity contribution in [2.45, 2.75) is 96.2 Å². The molecule has 1 fully saturated rings. The number of carbonyl (C=O) groups excluding carboxylic acids is 3. The first-order valence-electron chi connectivity index (χ1n) is 16.4. The Bertz CT molecular complexity index is 1510. The van der Waals surface area contributed by atoms with Gasteiger partial charge in [0.15, 0.2) is 0 Å². The first-order valence-corrected chi connectivity index (χ1v) is 16.4. The van der Waals surface area contributed by atoms with E-state index in [9.17, 15) is 14.4 Å². The number of alkyl carbamates (subject to hydrolysis) is 1. The van der Waals surface area contributed by atoms with Gasteiger partial charge in [-0.15, -0.1) is 0 Å². The molecule has 5 rings (SSSR count). The van der Waals surface area contributed by atoms with Crippen molar-refractivity contribution in [3.05, 3.63) is 71.4 Å². The van der Waals surface area contributed by atoms with E-state index in [2.05, 4.69) is 39.9 Å². The second-order valence-corrected chi connectivity index (χ2v) is 14.0. The third-order valence-electron chi connectivity index (χ3n) is 9.56. The lowest BCUT2D eigenvalue weighted by Gasteiger charge is -2.42. The molecule has 0 saturated carbocycles. The summed E-state index contributed by atoms with van der Waals surface area (Å²) < 4.78 is 5.34. The highest BCUT2D eigenvalue weighted by molar-refractivity contribution is 5.90. The summed E-state index contributed by atoms with van der Waals surface area (Å²) in [4.78, 5) is 47.4. The molecule has 1 spiro atoms. The smallest absolute Gasteiger partial charge is 0.407 e. The molecule has 1 unspecified atom stereocenters. The number of carbonyl (C=O) groups is 3. The van der Waals surface area contributed by atoms with Crippen molar-refractivity contribution in [1.82, 2.24) is 25.4 Å². The van der Waals surface area contributed by atoms with Crippen molar-refractivity contribution < 1.29 is 19.1 Å². The topological polar surface area (TPSA) is 107 Å². The summed E-state index contributed by atoms with van der Waals surface area (Å²) >= 11 is 0. The molecule has 45 heavy (non-hydrogen) atoms. The van der Waals surface area contributed by atoms with E-state index < -0.39 is 17.7 Å². The number of fused-ring (bicyclic) bond motifs is 3. The summed E-state index contributed by atoms with van der Waals surface area (Å²) in [6.07, 6.45) is 5.49. The number of nitrogens with one attached hydrogen (secondary N) is 3. The molecule has 0 radical (unpaired) electrons. The normalized spacial score (nSPS) is 17.2. The van der Waals surface area contributed by atoms with Crippen LogP contribution >= 0.6 is 0 Å². The minimum absolute atomic E-state index is 0.0575. The predicted molar refractivity (Wildman–Crippen MR) is 177 cm³/mol. The molecule has 1 aliphatic carbocycles. The zero-order valence-corrected chi connectivity index (χ0v) is 27.6. The maximum absolute atomic E-state index is 14.4. The number of benzene rings is 2. The van der Waals surface area contributed by atoms with Gasteiger partial charge in [0.1, 0.15) is 11.6 Å².